The number of nitrogens with one attached hydrogen (secondary N) is 1. The van der Waals surface area contributed by atoms with E-state index in [2.05, 4.69) is 41.7 Å². The Morgan fingerprint density at radius 2 is 1.08 bits per heavy atom. The van der Waals surface area contributed by atoms with Crippen LogP contribution >= 0.6 is 19.7 Å². The van der Waals surface area contributed by atoms with Gasteiger partial charge in [0, 0.05) is 5.56 Å². The summed E-state index contributed by atoms with van der Waals surface area (Å²) in [5, 5.41) is 6.05. The van der Waals surface area contributed by atoms with Crippen molar-refractivity contribution >= 4 is 47.5 Å². The average molecular weight is 517 g/mol. The molecule has 0 spiro atoms. The number of benzene rings is 4. The highest BCUT2D eigenvalue weighted by atomic mass is 35.5. The van der Waals surface area contributed by atoms with E-state index in [1.165, 1.54) is 0 Å². The third-order valence-electron chi connectivity index (χ3n) is 5.59. The summed E-state index contributed by atoms with van der Waals surface area (Å²) in [6.07, 6.45) is 0. The Balaban J connectivity index is 0.00000361. The first kappa shape index (κ1) is 26.9. The molecule has 0 atom stereocenters. The van der Waals surface area contributed by atoms with Gasteiger partial charge in [-0.3, -0.25) is 4.79 Å². The van der Waals surface area contributed by atoms with Crippen molar-refractivity contribution in [1.29, 1.82) is 0 Å². The molecule has 4 aromatic carbocycles. The smallest absolute Gasteiger partial charge is 0.358 e. The fourth-order valence-electron chi connectivity index (χ4n) is 3.98. The van der Waals surface area contributed by atoms with Gasteiger partial charge in [0.25, 0.3) is 5.91 Å². The maximum Gasteiger partial charge on any atom is 0.358 e. The summed E-state index contributed by atoms with van der Waals surface area (Å²) in [4.78, 5) is 26.3. The zero-order valence-corrected chi connectivity index (χ0v) is 21.6. The van der Waals surface area contributed by atoms with E-state index in [9.17, 15) is 9.59 Å². The molecule has 4 aromatic rings. The van der Waals surface area contributed by atoms with Crippen molar-refractivity contribution in [2.24, 2.45) is 0 Å². The molecule has 1 N–H and O–H groups in total. The maximum absolute atomic E-state index is 13.2. The third kappa shape index (κ3) is 5.91. The first-order chi connectivity index (χ1) is 17.1. The molecule has 0 aliphatic carbocycles. The second-order valence-electron chi connectivity index (χ2n) is 7.81. The molecule has 0 radical (unpaired) electrons. The van der Waals surface area contributed by atoms with Gasteiger partial charge >= 0.3 is 5.97 Å². The van der Waals surface area contributed by atoms with Crippen LogP contribution in [0.1, 0.15) is 17.3 Å². The molecule has 36 heavy (non-hydrogen) atoms. The maximum atomic E-state index is 13.2. The number of hydrogen-bond acceptors (Lipinski definition) is 3. The second-order valence-corrected chi connectivity index (χ2v) is 11.1. The molecule has 0 unspecified atom stereocenters. The summed E-state index contributed by atoms with van der Waals surface area (Å²) in [6.45, 7) is 1.95. The molecular formula is C30H28ClNO3P+. The number of rotatable bonds is 8. The van der Waals surface area contributed by atoms with Gasteiger partial charge in [-0.05, 0) is 55.5 Å². The van der Waals surface area contributed by atoms with Gasteiger partial charge in [0.1, 0.15) is 29.0 Å². The number of ether oxygens (including phenoxy) is 1. The number of carbonyl (C=O) groups is 2. The minimum atomic E-state index is -2.51. The van der Waals surface area contributed by atoms with Crippen molar-refractivity contribution < 1.29 is 14.3 Å². The normalized spacial score (nSPS) is 11.2. The lowest BCUT2D eigenvalue weighted by molar-refractivity contribution is -0.138. The van der Waals surface area contributed by atoms with Crippen LogP contribution in [0.3, 0.4) is 0 Å². The molecule has 4 nitrogen and oxygen atoms in total. The molecule has 0 aliphatic heterocycles. The van der Waals surface area contributed by atoms with Gasteiger partial charge in [-0.25, -0.2) is 4.79 Å². The van der Waals surface area contributed by atoms with Gasteiger partial charge < -0.3 is 10.1 Å². The summed E-state index contributed by atoms with van der Waals surface area (Å²) < 4.78 is 5.39. The highest BCUT2D eigenvalue weighted by Gasteiger charge is 2.45. The molecule has 0 saturated heterocycles. The average Bonchev–Trinajstić information content (AvgIpc) is 2.93. The molecule has 6 heteroatoms. The van der Waals surface area contributed by atoms with Crippen molar-refractivity contribution in [3.05, 3.63) is 138 Å². The Bertz CT molecular complexity index is 1200. The van der Waals surface area contributed by atoms with Crippen molar-refractivity contribution in [3.63, 3.8) is 0 Å². The fourth-order valence-corrected chi connectivity index (χ4v) is 7.81. The minimum absolute atomic E-state index is 0. The molecule has 0 aliphatic rings. The molecule has 182 valence electrons. The van der Waals surface area contributed by atoms with Crippen LogP contribution in [0.2, 0.25) is 0 Å². The standard InChI is InChI=1S/C30H26NO3P.ClH/c1-2-34-30(33)28(31-29(32)24-15-7-3-8-16-24)23-35(25-17-9-4-10-18-25,26-19-11-5-12-20-26)27-21-13-6-14-22-27;/h3-23H,2H2,1H3;1H/p+1/b28-23+;. The SMILES string of the molecule is CCOC(=O)/C(=C\[P+](c1ccccc1)(c1ccccc1)c1ccccc1)NC(=O)c1ccccc1.Cl. The first-order valence-corrected chi connectivity index (χ1v) is 13.3. The Morgan fingerprint density at radius 1 is 0.694 bits per heavy atom. The second kappa shape index (κ2) is 12.8. The van der Waals surface area contributed by atoms with Gasteiger partial charge in [-0.15, -0.1) is 12.4 Å². The minimum Gasteiger partial charge on any atom is -0.461 e. The van der Waals surface area contributed by atoms with Crippen LogP contribution in [-0.2, 0) is 9.53 Å². The Labute approximate surface area is 218 Å². The van der Waals surface area contributed by atoms with E-state index < -0.39 is 13.2 Å². The van der Waals surface area contributed by atoms with Crippen LogP contribution in [0.4, 0.5) is 0 Å². The van der Waals surface area contributed by atoms with Crippen LogP contribution in [0, 0.1) is 0 Å². The van der Waals surface area contributed by atoms with Gasteiger partial charge in [0.05, 0.1) is 6.61 Å². The van der Waals surface area contributed by atoms with E-state index >= 15 is 0 Å². The summed E-state index contributed by atoms with van der Waals surface area (Å²) in [7, 11) is -2.51. The lowest BCUT2D eigenvalue weighted by Crippen LogP contribution is -2.34. The molecule has 0 heterocycles. The highest BCUT2D eigenvalue weighted by molar-refractivity contribution is 7.98. The summed E-state index contributed by atoms with van der Waals surface area (Å²) in [6, 6.07) is 39.2. The van der Waals surface area contributed by atoms with Crippen molar-refractivity contribution in [2.45, 2.75) is 6.92 Å². The Morgan fingerprint density at radius 3 is 1.47 bits per heavy atom. The van der Waals surface area contributed by atoms with Crippen LogP contribution in [-0.4, -0.2) is 18.5 Å². The van der Waals surface area contributed by atoms with E-state index in [1.807, 2.05) is 66.5 Å². The summed E-state index contributed by atoms with van der Waals surface area (Å²) in [5.41, 5.74) is 0.594. The monoisotopic (exact) mass is 516 g/mol. The number of hydrogen-bond donors (Lipinski definition) is 1. The molecule has 1 amide bonds. The molecule has 4 rings (SSSR count). The predicted molar refractivity (Wildman–Crippen MR) is 151 cm³/mol. The topological polar surface area (TPSA) is 55.4 Å². The molecule has 0 aromatic heterocycles. The summed E-state index contributed by atoms with van der Waals surface area (Å²) >= 11 is 0. The van der Waals surface area contributed by atoms with E-state index in [0.29, 0.717) is 5.56 Å². The molecular weight excluding hydrogens is 489 g/mol. The van der Waals surface area contributed by atoms with Crippen LogP contribution < -0.4 is 21.2 Å². The lowest BCUT2D eigenvalue weighted by Gasteiger charge is -2.25. The zero-order valence-electron chi connectivity index (χ0n) is 19.9. The van der Waals surface area contributed by atoms with Crippen LogP contribution in [0.15, 0.2) is 133 Å². The largest absolute Gasteiger partial charge is 0.461 e. The van der Waals surface area contributed by atoms with Crippen LogP contribution in [0.5, 0.6) is 0 Å². The Hall–Kier alpha value is -3.72. The Kier molecular flexibility index (Phi) is 9.58. The number of carbonyl (C=O) groups excluding carboxylic acids is 2. The molecule has 0 bridgehead atoms. The van der Waals surface area contributed by atoms with E-state index in [1.54, 1.807) is 31.2 Å². The first-order valence-electron chi connectivity index (χ1n) is 11.5. The highest BCUT2D eigenvalue weighted by Crippen LogP contribution is 2.57. The van der Waals surface area contributed by atoms with Crippen molar-refractivity contribution in [3.8, 4) is 0 Å². The lowest BCUT2D eigenvalue weighted by atomic mass is 10.2. The van der Waals surface area contributed by atoms with Crippen LogP contribution in [0.25, 0.3) is 0 Å². The zero-order chi connectivity index (χ0) is 24.5. The van der Waals surface area contributed by atoms with E-state index in [4.69, 9.17) is 4.74 Å². The van der Waals surface area contributed by atoms with Gasteiger partial charge in [0.2, 0.25) is 0 Å². The number of amides is 1. The van der Waals surface area contributed by atoms with Gasteiger partial charge in [-0.2, -0.15) is 0 Å². The number of esters is 1. The van der Waals surface area contributed by atoms with Gasteiger partial charge in [0.15, 0.2) is 5.70 Å². The predicted octanol–water partition coefficient (Wildman–Crippen LogP) is 5.24. The molecule has 0 fully saturated rings. The fraction of sp³-hybridized carbons (Fsp3) is 0.0667. The summed E-state index contributed by atoms with van der Waals surface area (Å²) in [5.74, 6) is 0.993. The van der Waals surface area contributed by atoms with E-state index in [-0.39, 0.29) is 30.6 Å². The van der Waals surface area contributed by atoms with Crippen molar-refractivity contribution in [1.82, 2.24) is 5.32 Å². The van der Waals surface area contributed by atoms with Crippen molar-refractivity contribution in [2.75, 3.05) is 6.61 Å². The molecule has 0 saturated carbocycles. The van der Waals surface area contributed by atoms with Gasteiger partial charge in [-0.1, -0.05) is 72.8 Å². The van der Waals surface area contributed by atoms with E-state index in [0.717, 1.165) is 15.9 Å². The quantitative estimate of drug-likeness (QED) is 0.198. The third-order valence-corrected chi connectivity index (χ3v) is 9.58. The number of halogens is 1.